The highest BCUT2D eigenvalue weighted by molar-refractivity contribution is 5.94. The molecule has 5 nitrogen and oxygen atoms in total. The molecular weight excluding hydrogens is 278 g/mol. The number of phenolic OH excluding ortho intramolecular Hbond substituents is 1. The van der Waals surface area contributed by atoms with Gasteiger partial charge < -0.3 is 10.4 Å². The van der Waals surface area contributed by atoms with Crippen molar-refractivity contribution in [2.24, 2.45) is 0 Å². The summed E-state index contributed by atoms with van der Waals surface area (Å²) in [7, 11) is 0. The van der Waals surface area contributed by atoms with Crippen LogP contribution in [0.4, 0.5) is 5.69 Å². The lowest BCUT2D eigenvalue weighted by atomic mass is 10.1. The van der Waals surface area contributed by atoms with E-state index in [0.29, 0.717) is 12.8 Å². The number of phenols is 1. The van der Waals surface area contributed by atoms with Gasteiger partial charge in [-0.15, -0.1) is 0 Å². The average Bonchev–Trinajstić information content (AvgIpc) is 2.94. The van der Waals surface area contributed by atoms with Crippen molar-refractivity contribution in [1.82, 2.24) is 10.2 Å². The molecule has 2 aromatic carbocycles. The molecule has 0 bridgehead atoms. The Labute approximate surface area is 128 Å². The predicted octanol–water partition coefficient (Wildman–Crippen LogP) is 3.15. The monoisotopic (exact) mass is 295 g/mol. The van der Waals surface area contributed by atoms with Crippen molar-refractivity contribution >= 4 is 22.5 Å². The molecule has 22 heavy (non-hydrogen) atoms. The van der Waals surface area contributed by atoms with Crippen molar-refractivity contribution in [3.63, 3.8) is 0 Å². The standard InChI is InChI=1S/C17H17N3O2/c1-11-8-13-10-18-20-16(13)9-15(11)19-17(22)7-4-12-2-5-14(21)6-3-12/h2-3,5-6,8-10,21H,4,7H2,1H3,(H,18,20)(H,19,22). The number of rotatable bonds is 4. The number of aromatic hydroxyl groups is 1. The number of fused-ring (bicyclic) bond motifs is 1. The van der Waals surface area contributed by atoms with E-state index >= 15 is 0 Å². The van der Waals surface area contributed by atoms with Gasteiger partial charge in [-0.3, -0.25) is 9.89 Å². The van der Waals surface area contributed by atoms with Gasteiger partial charge in [0, 0.05) is 17.5 Å². The number of benzene rings is 2. The Morgan fingerprint density at radius 1 is 1.27 bits per heavy atom. The molecule has 0 radical (unpaired) electrons. The zero-order chi connectivity index (χ0) is 15.5. The minimum Gasteiger partial charge on any atom is -0.508 e. The summed E-state index contributed by atoms with van der Waals surface area (Å²) in [4.78, 5) is 12.1. The van der Waals surface area contributed by atoms with Crippen molar-refractivity contribution in [3.05, 3.63) is 53.7 Å². The molecular formula is C17H17N3O2. The highest BCUT2D eigenvalue weighted by Crippen LogP contribution is 2.22. The summed E-state index contributed by atoms with van der Waals surface area (Å²) in [6.45, 7) is 1.96. The van der Waals surface area contributed by atoms with E-state index in [2.05, 4.69) is 15.5 Å². The first-order valence-corrected chi connectivity index (χ1v) is 7.13. The molecule has 0 aliphatic carbocycles. The minimum absolute atomic E-state index is 0.0324. The van der Waals surface area contributed by atoms with E-state index in [1.807, 2.05) is 31.2 Å². The molecule has 3 aromatic rings. The summed E-state index contributed by atoms with van der Waals surface area (Å²) >= 11 is 0. The van der Waals surface area contributed by atoms with Crippen LogP contribution in [0.15, 0.2) is 42.6 Å². The number of carbonyl (C=O) groups excluding carboxylic acids is 1. The topological polar surface area (TPSA) is 78.0 Å². The summed E-state index contributed by atoms with van der Waals surface area (Å²) in [6, 6.07) is 10.8. The smallest absolute Gasteiger partial charge is 0.224 e. The number of carbonyl (C=O) groups is 1. The lowest BCUT2D eigenvalue weighted by Crippen LogP contribution is -2.13. The minimum atomic E-state index is -0.0324. The van der Waals surface area contributed by atoms with E-state index in [1.165, 1.54) is 0 Å². The molecule has 0 saturated carbocycles. The van der Waals surface area contributed by atoms with Gasteiger partial charge in [0.15, 0.2) is 0 Å². The molecule has 5 heteroatoms. The Bertz CT molecular complexity index is 806. The van der Waals surface area contributed by atoms with E-state index < -0.39 is 0 Å². The van der Waals surface area contributed by atoms with Gasteiger partial charge in [-0.2, -0.15) is 5.10 Å². The number of anilines is 1. The molecule has 0 aliphatic rings. The van der Waals surface area contributed by atoms with Gasteiger partial charge in [0.1, 0.15) is 5.75 Å². The summed E-state index contributed by atoms with van der Waals surface area (Å²) in [5.41, 5.74) is 3.73. The maximum absolute atomic E-state index is 12.1. The highest BCUT2D eigenvalue weighted by atomic mass is 16.3. The van der Waals surface area contributed by atoms with Crippen LogP contribution in [0.5, 0.6) is 5.75 Å². The van der Waals surface area contributed by atoms with Gasteiger partial charge in [-0.05, 0) is 48.7 Å². The van der Waals surface area contributed by atoms with Gasteiger partial charge in [0.05, 0.1) is 11.7 Å². The number of hydrogen-bond donors (Lipinski definition) is 3. The second kappa shape index (κ2) is 5.89. The van der Waals surface area contributed by atoms with Crippen LogP contribution < -0.4 is 5.32 Å². The second-order valence-electron chi connectivity index (χ2n) is 5.34. The van der Waals surface area contributed by atoms with Crippen LogP contribution in [0.3, 0.4) is 0 Å². The number of aryl methyl sites for hydroxylation is 2. The number of aromatic amines is 1. The Hall–Kier alpha value is -2.82. The van der Waals surface area contributed by atoms with Crippen LogP contribution in [-0.4, -0.2) is 21.2 Å². The first-order valence-electron chi connectivity index (χ1n) is 7.13. The fraction of sp³-hybridized carbons (Fsp3) is 0.176. The number of nitrogens with one attached hydrogen (secondary N) is 2. The maximum Gasteiger partial charge on any atom is 0.224 e. The van der Waals surface area contributed by atoms with Crippen LogP contribution in [0, 0.1) is 6.92 Å². The first-order chi connectivity index (χ1) is 10.6. The SMILES string of the molecule is Cc1cc2cn[nH]c2cc1NC(=O)CCc1ccc(O)cc1. The Morgan fingerprint density at radius 2 is 2.05 bits per heavy atom. The van der Waals surface area contributed by atoms with Gasteiger partial charge in [-0.25, -0.2) is 0 Å². The third-order valence-electron chi connectivity index (χ3n) is 3.64. The number of nitrogens with zero attached hydrogens (tertiary/aromatic N) is 1. The molecule has 0 aliphatic heterocycles. The van der Waals surface area contributed by atoms with E-state index in [4.69, 9.17) is 0 Å². The van der Waals surface area contributed by atoms with E-state index in [-0.39, 0.29) is 11.7 Å². The third-order valence-corrected chi connectivity index (χ3v) is 3.64. The Kier molecular flexibility index (Phi) is 3.78. The number of hydrogen-bond acceptors (Lipinski definition) is 3. The summed E-state index contributed by atoms with van der Waals surface area (Å²) in [5, 5.41) is 20.1. The second-order valence-corrected chi connectivity index (χ2v) is 5.34. The summed E-state index contributed by atoms with van der Waals surface area (Å²) in [6.07, 6.45) is 2.79. The van der Waals surface area contributed by atoms with Crippen LogP contribution in [0.2, 0.25) is 0 Å². The normalized spacial score (nSPS) is 10.8. The molecule has 1 aromatic heterocycles. The number of H-pyrrole nitrogens is 1. The third kappa shape index (κ3) is 3.09. The van der Waals surface area contributed by atoms with E-state index in [1.54, 1.807) is 18.3 Å². The van der Waals surface area contributed by atoms with Crippen LogP contribution >= 0.6 is 0 Å². The number of aromatic nitrogens is 2. The van der Waals surface area contributed by atoms with Gasteiger partial charge >= 0.3 is 0 Å². The number of amides is 1. The molecule has 1 amide bonds. The van der Waals surface area contributed by atoms with Gasteiger partial charge in [0.2, 0.25) is 5.91 Å². The highest BCUT2D eigenvalue weighted by Gasteiger charge is 2.07. The lowest BCUT2D eigenvalue weighted by Gasteiger charge is -2.09. The van der Waals surface area contributed by atoms with E-state index in [9.17, 15) is 9.90 Å². The molecule has 112 valence electrons. The fourth-order valence-electron chi connectivity index (χ4n) is 2.37. The lowest BCUT2D eigenvalue weighted by molar-refractivity contribution is -0.116. The predicted molar refractivity (Wildman–Crippen MR) is 85.9 cm³/mol. The van der Waals surface area contributed by atoms with Crippen molar-refractivity contribution in [2.45, 2.75) is 19.8 Å². The summed E-state index contributed by atoms with van der Waals surface area (Å²) in [5.74, 6) is 0.201. The van der Waals surface area contributed by atoms with Crippen LogP contribution in [0.1, 0.15) is 17.5 Å². The summed E-state index contributed by atoms with van der Waals surface area (Å²) < 4.78 is 0. The van der Waals surface area contributed by atoms with Crippen molar-refractivity contribution < 1.29 is 9.90 Å². The van der Waals surface area contributed by atoms with Crippen LogP contribution in [0.25, 0.3) is 10.9 Å². The fourth-order valence-corrected chi connectivity index (χ4v) is 2.37. The maximum atomic E-state index is 12.1. The average molecular weight is 295 g/mol. The molecule has 0 unspecified atom stereocenters. The van der Waals surface area contributed by atoms with Crippen molar-refractivity contribution in [1.29, 1.82) is 0 Å². The van der Waals surface area contributed by atoms with Crippen molar-refractivity contribution in [2.75, 3.05) is 5.32 Å². The largest absolute Gasteiger partial charge is 0.508 e. The van der Waals surface area contributed by atoms with Crippen molar-refractivity contribution in [3.8, 4) is 5.75 Å². The van der Waals surface area contributed by atoms with Gasteiger partial charge in [0.25, 0.3) is 0 Å². The quantitative estimate of drug-likeness (QED) is 0.692. The molecule has 0 spiro atoms. The van der Waals surface area contributed by atoms with E-state index in [0.717, 1.165) is 27.7 Å². The molecule has 3 N–H and O–H groups in total. The molecule has 3 rings (SSSR count). The van der Waals surface area contributed by atoms with Gasteiger partial charge in [-0.1, -0.05) is 12.1 Å². The molecule has 0 fully saturated rings. The van der Waals surface area contributed by atoms with Crippen LogP contribution in [-0.2, 0) is 11.2 Å². The first kappa shape index (κ1) is 14.1. The Balaban J connectivity index is 1.65. The molecule has 0 atom stereocenters. The molecule has 1 heterocycles. The zero-order valence-corrected chi connectivity index (χ0v) is 12.3. The Morgan fingerprint density at radius 3 is 2.82 bits per heavy atom. The zero-order valence-electron chi connectivity index (χ0n) is 12.3. The molecule has 0 saturated heterocycles.